The van der Waals surface area contributed by atoms with Crippen molar-refractivity contribution in [3.05, 3.63) is 114 Å². The van der Waals surface area contributed by atoms with Gasteiger partial charge in [-0.1, -0.05) is 80.6 Å². The minimum absolute atomic E-state index is 0.0495. The average Bonchev–Trinajstić information content (AvgIpc) is 3.15. The Morgan fingerprint density at radius 3 is 1.81 bits per heavy atom. The molecule has 3 nitrogen and oxygen atoms in total. The van der Waals surface area contributed by atoms with Crippen LogP contribution in [0.4, 0.5) is 17.1 Å². The van der Waals surface area contributed by atoms with Gasteiger partial charge in [-0.2, -0.15) is 0 Å². The number of hydrogen-bond acceptors (Lipinski definition) is 3. The molecule has 0 atom stereocenters. The molecule has 36 heavy (non-hydrogen) atoms. The maximum absolute atomic E-state index is 6.51. The fourth-order valence-corrected chi connectivity index (χ4v) is 6.17. The highest BCUT2D eigenvalue weighted by Gasteiger charge is 2.38. The average molecular weight is 466 g/mol. The van der Waals surface area contributed by atoms with Crippen LogP contribution in [0.2, 0.25) is 0 Å². The van der Waals surface area contributed by atoms with E-state index in [2.05, 4.69) is 85.5 Å². The summed E-state index contributed by atoms with van der Waals surface area (Å²) in [5, 5.41) is 0. The van der Waals surface area contributed by atoms with Gasteiger partial charge < -0.3 is 9.47 Å². The first-order valence-electron chi connectivity index (χ1n) is 12.4. The van der Waals surface area contributed by atoms with Crippen LogP contribution in [0.3, 0.4) is 0 Å². The molecule has 0 saturated carbocycles. The summed E-state index contributed by atoms with van der Waals surface area (Å²) in [7, 11) is 0. The Balaban J connectivity index is 1.39. The molecular weight excluding hydrogens is 442 g/mol. The number of hydrogen-bond donors (Lipinski definition) is 0. The molecule has 2 aliphatic heterocycles. The van der Waals surface area contributed by atoms with Gasteiger partial charge in [0.15, 0.2) is 23.0 Å². The van der Waals surface area contributed by atoms with Crippen LogP contribution in [0.1, 0.15) is 25.0 Å². The van der Waals surface area contributed by atoms with E-state index in [9.17, 15) is 0 Å². The Hall–Kier alpha value is -4.50. The maximum Gasteiger partial charge on any atom is 0.156 e. The molecule has 0 spiro atoms. The van der Waals surface area contributed by atoms with E-state index in [0.29, 0.717) is 0 Å². The number of benzene rings is 5. The van der Waals surface area contributed by atoms with Crippen molar-refractivity contribution in [3.8, 4) is 45.3 Å². The zero-order chi connectivity index (χ0) is 24.0. The Morgan fingerprint density at radius 2 is 1.11 bits per heavy atom. The lowest BCUT2D eigenvalue weighted by atomic mass is 9.82. The topological polar surface area (TPSA) is 21.7 Å². The number of para-hydroxylation sites is 4. The number of ether oxygens (including phenoxy) is 2. The summed E-state index contributed by atoms with van der Waals surface area (Å²) in [6.45, 7) is 4.63. The molecule has 3 heteroatoms. The van der Waals surface area contributed by atoms with E-state index >= 15 is 0 Å². The van der Waals surface area contributed by atoms with Crippen molar-refractivity contribution in [3.63, 3.8) is 0 Å². The largest absolute Gasteiger partial charge is 0.453 e. The van der Waals surface area contributed by atoms with Crippen LogP contribution in [0, 0.1) is 0 Å². The number of nitrogens with zero attached hydrogens (tertiary/aromatic N) is 1. The van der Waals surface area contributed by atoms with E-state index in [1.165, 1.54) is 27.8 Å². The highest BCUT2D eigenvalue weighted by molar-refractivity contribution is 5.98. The van der Waals surface area contributed by atoms with Crippen molar-refractivity contribution in [2.24, 2.45) is 0 Å². The highest BCUT2D eigenvalue weighted by atomic mass is 16.5. The Labute approximate surface area is 210 Å². The smallest absolute Gasteiger partial charge is 0.156 e. The van der Waals surface area contributed by atoms with Gasteiger partial charge in [-0.3, -0.25) is 4.90 Å². The normalized spacial score (nSPS) is 15.0. The summed E-state index contributed by atoms with van der Waals surface area (Å²) < 4.78 is 13.0. The van der Waals surface area contributed by atoms with Gasteiger partial charge in [0.05, 0.1) is 11.4 Å². The molecule has 0 unspecified atom stereocenters. The van der Waals surface area contributed by atoms with E-state index in [0.717, 1.165) is 45.6 Å². The van der Waals surface area contributed by atoms with Gasteiger partial charge in [-0.25, -0.2) is 0 Å². The van der Waals surface area contributed by atoms with Crippen LogP contribution in [-0.4, -0.2) is 0 Å². The van der Waals surface area contributed by atoms with E-state index in [-0.39, 0.29) is 5.41 Å². The van der Waals surface area contributed by atoms with Gasteiger partial charge in [0, 0.05) is 5.41 Å². The minimum Gasteiger partial charge on any atom is -0.453 e. The summed E-state index contributed by atoms with van der Waals surface area (Å²) in [6, 6.07) is 36.2. The molecule has 0 fully saturated rings. The maximum atomic E-state index is 6.51. The second-order valence-corrected chi connectivity index (χ2v) is 10.2. The van der Waals surface area contributed by atoms with Crippen LogP contribution >= 0.6 is 0 Å². The minimum atomic E-state index is -0.0495. The fourth-order valence-electron chi connectivity index (χ4n) is 6.17. The molecule has 172 valence electrons. The van der Waals surface area contributed by atoms with E-state index < -0.39 is 0 Å². The molecule has 0 radical (unpaired) electrons. The second kappa shape index (κ2) is 6.79. The molecule has 5 aromatic rings. The zero-order valence-corrected chi connectivity index (χ0v) is 20.1. The molecule has 0 aromatic heterocycles. The number of anilines is 3. The van der Waals surface area contributed by atoms with E-state index in [1.807, 2.05) is 36.4 Å². The monoisotopic (exact) mass is 465 g/mol. The van der Waals surface area contributed by atoms with Crippen molar-refractivity contribution < 1.29 is 9.47 Å². The van der Waals surface area contributed by atoms with Gasteiger partial charge in [0.1, 0.15) is 5.69 Å². The van der Waals surface area contributed by atoms with Crippen LogP contribution in [-0.2, 0) is 5.41 Å². The lowest BCUT2D eigenvalue weighted by Gasteiger charge is -2.38. The quantitative estimate of drug-likeness (QED) is 0.241. The number of fused-ring (bicyclic) bond motifs is 7. The second-order valence-electron chi connectivity index (χ2n) is 10.2. The lowest BCUT2D eigenvalue weighted by Crippen LogP contribution is -2.20. The third-order valence-electron chi connectivity index (χ3n) is 7.83. The van der Waals surface area contributed by atoms with Gasteiger partial charge in [0.2, 0.25) is 0 Å². The molecule has 3 aliphatic rings. The molecule has 0 amide bonds. The fraction of sp³-hybridized carbons (Fsp3) is 0.0909. The van der Waals surface area contributed by atoms with E-state index in [1.54, 1.807) is 0 Å². The van der Waals surface area contributed by atoms with Crippen LogP contribution in [0.15, 0.2) is 103 Å². The predicted molar refractivity (Wildman–Crippen MR) is 144 cm³/mol. The zero-order valence-electron chi connectivity index (χ0n) is 20.1. The van der Waals surface area contributed by atoms with Crippen molar-refractivity contribution in [2.45, 2.75) is 19.3 Å². The standard InChI is InChI=1S/C33H23NO2/c1-33(2)23-12-4-3-10-22(23)31-21(11-9-13-24(31)33)20-18-29-32-30(19-20)36-28-17-8-6-15-26(28)34(32)25-14-5-7-16-27(25)35-29/h3-19H,1-2H3. The van der Waals surface area contributed by atoms with Gasteiger partial charge >= 0.3 is 0 Å². The predicted octanol–water partition coefficient (Wildman–Crippen LogP) is 9.34. The third kappa shape index (κ3) is 2.47. The summed E-state index contributed by atoms with van der Waals surface area (Å²) in [4.78, 5) is 2.26. The van der Waals surface area contributed by atoms with E-state index in [4.69, 9.17) is 9.47 Å². The van der Waals surface area contributed by atoms with Gasteiger partial charge in [-0.15, -0.1) is 0 Å². The Kier molecular flexibility index (Phi) is 3.73. The summed E-state index contributed by atoms with van der Waals surface area (Å²) >= 11 is 0. The molecule has 1 aliphatic carbocycles. The first kappa shape index (κ1) is 19.8. The molecule has 0 N–H and O–H groups in total. The number of rotatable bonds is 1. The summed E-state index contributed by atoms with van der Waals surface area (Å²) in [5.74, 6) is 3.29. The summed E-state index contributed by atoms with van der Waals surface area (Å²) in [6.07, 6.45) is 0. The molecular formula is C33H23NO2. The van der Waals surface area contributed by atoms with Crippen molar-refractivity contribution >= 4 is 17.1 Å². The molecule has 2 heterocycles. The molecule has 5 aromatic carbocycles. The molecule has 0 saturated heterocycles. The van der Waals surface area contributed by atoms with Crippen molar-refractivity contribution in [1.29, 1.82) is 0 Å². The van der Waals surface area contributed by atoms with Crippen molar-refractivity contribution in [2.75, 3.05) is 4.90 Å². The first-order chi connectivity index (χ1) is 17.6. The molecule has 8 rings (SSSR count). The van der Waals surface area contributed by atoms with Crippen LogP contribution in [0.25, 0.3) is 22.3 Å². The Morgan fingerprint density at radius 1 is 0.556 bits per heavy atom. The summed E-state index contributed by atoms with van der Waals surface area (Å²) in [5.41, 5.74) is 10.6. The first-order valence-corrected chi connectivity index (χ1v) is 12.4. The highest BCUT2D eigenvalue weighted by Crippen LogP contribution is 2.61. The van der Waals surface area contributed by atoms with Crippen molar-refractivity contribution in [1.82, 2.24) is 0 Å². The lowest BCUT2D eigenvalue weighted by molar-refractivity contribution is 0.446. The molecule has 0 bridgehead atoms. The van der Waals surface area contributed by atoms with Crippen LogP contribution < -0.4 is 14.4 Å². The third-order valence-corrected chi connectivity index (χ3v) is 7.83. The Bertz CT molecular complexity index is 1660. The van der Waals surface area contributed by atoms with Crippen LogP contribution in [0.5, 0.6) is 23.0 Å². The van der Waals surface area contributed by atoms with Gasteiger partial charge in [-0.05, 0) is 69.8 Å². The van der Waals surface area contributed by atoms with Gasteiger partial charge in [0.25, 0.3) is 0 Å². The SMILES string of the molecule is CC1(C)c2ccccc2-c2c(-c3cc4c5c(c3)Oc3ccccc3N5c3ccccc3O4)cccc21.